The topological polar surface area (TPSA) is 131 Å². The Balaban J connectivity index is 1.16. The van der Waals surface area contributed by atoms with Crippen molar-refractivity contribution in [3.8, 4) is 17.1 Å². The number of anilines is 2. The van der Waals surface area contributed by atoms with E-state index < -0.39 is 28.9 Å². The van der Waals surface area contributed by atoms with Crippen molar-refractivity contribution in [3.05, 3.63) is 47.5 Å². The maximum Gasteiger partial charge on any atom is 0.346 e. The number of carbonyl (C=O) groups is 1. The highest BCUT2D eigenvalue weighted by atomic mass is 35.5. The molecule has 3 atom stereocenters. The lowest BCUT2D eigenvalue weighted by Gasteiger charge is -2.57. The van der Waals surface area contributed by atoms with E-state index in [4.69, 9.17) is 27.1 Å². The highest BCUT2D eigenvalue weighted by Crippen LogP contribution is 2.48. The molecule has 0 bridgehead atoms. The number of likely N-dealkylation sites (tertiary alicyclic amines) is 1. The number of halogens is 4. The van der Waals surface area contributed by atoms with Gasteiger partial charge in [0.15, 0.2) is 10.9 Å². The quantitative estimate of drug-likeness (QED) is 0.242. The zero-order valence-corrected chi connectivity index (χ0v) is 28.4. The van der Waals surface area contributed by atoms with Crippen molar-refractivity contribution in [2.24, 2.45) is 0 Å². The standard InChI is InChI=1S/C33H32ClF3N10O2S/c34-21-11-20-25(24(37)23(21)19-3-4-22(36)27-26(19)41-29(38)50-27)42-30(49-15-33-6-2-9-45(33)13-18(35)12-33)43-28(20)46-10-7-32(46)5-1-8-44(14-32)31(48)47-17-39-16-40-47/h3-4,11,16-18H,1-2,5-10,12-15H2,(H2,38,41). The molecule has 5 aromatic rings. The van der Waals surface area contributed by atoms with Crippen molar-refractivity contribution in [3.63, 3.8) is 0 Å². The van der Waals surface area contributed by atoms with Gasteiger partial charge in [0.2, 0.25) is 0 Å². The Morgan fingerprint density at radius 3 is 2.76 bits per heavy atom. The number of benzene rings is 2. The van der Waals surface area contributed by atoms with Gasteiger partial charge in [0.1, 0.15) is 42.6 Å². The maximum absolute atomic E-state index is 17.0. The summed E-state index contributed by atoms with van der Waals surface area (Å²) >= 11 is 7.85. The van der Waals surface area contributed by atoms with Crippen LogP contribution in [0.15, 0.2) is 30.9 Å². The molecule has 0 aliphatic carbocycles. The molecule has 12 nitrogen and oxygen atoms in total. The Morgan fingerprint density at radius 1 is 1.10 bits per heavy atom. The summed E-state index contributed by atoms with van der Waals surface area (Å²) in [5.41, 5.74) is 5.41. The SMILES string of the molecule is Nc1nc2c(-c3c(Cl)cc4c(N5CCC56CCCN(C(=O)n5cncn5)C6)nc(OCC56CCCN5CC(F)C6)nc4c3F)ccc(F)c2s1. The van der Waals surface area contributed by atoms with Crippen molar-refractivity contribution in [2.45, 2.75) is 55.8 Å². The van der Waals surface area contributed by atoms with E-state index in [1.807, 2.05) is 0 Å². The largest absolute Gasteiger partial charge is 0.461 e. The van der Waals surface area contributed by atoms with Crippen LogP contribution in [0, 0.1) is 11.6 Å². The summed E-state index contributed by atoms with van der Waals surface area (Å²) < 4.78 is 54.1. The van der Waals surface area contributed by atoms with Crippen molar-refractivity contribution < 1.29 is 22.7 Å². The van der Waals surface area contributed by atoms with E-state index in [1.54, 1.807) is 11.0 Å². The second kappa shape index (κ2) is 11.6. The lowest BCUT2D eigenvalue weighted by atomic mass is 9.77. The molecule has 4 fully saturated rings. The Morgan fingerprint density at radius 2 is 1.96 bits per heavy atom. The first-order chi connectivity index (χ1) is 24.1. The van der Waals surface area contributed by atoms with E-state index in [0.29, 0.717) is 43.8 Å². The van der Waals surface area contributed by atoms with Crippen LogP contribution in [0.4, 0.5) is 28.9 Å². The summed E-state index contributed by atoms with van der Waals surface area (Å²) in [6.45, 7) is 2.85. The fourth-order valence-corrected chi connectivity index (χ4v) is 9.60. The van der Waals surface area contributed by atoms with Crippen LogP contribution in [0.25, 0.3) is 32.2 Å². The molecule has 4 saturated heterocycles. The van der Waals surface area contributed by atoms with E-state index >= 15 is 4.39 Å². The summed E-state index contributed by atoms with van der Waals surface area (Å²) in [5, 5.41) is 4.59. The smallest absolute Gasteiger partial charge is 0.346 e. The fourth-order valence-electron chi connectivity index (χ4n) is 8.54. The number of rotatable bonds is 5. The van der Waals surface area contributed by atoms with E-state index in [-0.39, 0.29) is 55.7 Å². The number of hydrogen-bond acceptors (Lipinski definition) is 11. The first-order valence-corrected chi connectivity index (χ1v) is 17.8. The number of hydrogen-bond donors (Lipinski definition) is 1. The number of nitrogen functional groups attached to an aromatic ring is 1. The number of alkyl halides is 1. The summed E-state index contributed by atoms with van der Waals surface area (Å²) in [4.78, 5) is 36.9. The number of carbonyl (C=O) groups excluding carboxylic acids is 1. The predicted molar refractivity (Wildman–Crippen MR) is 182 cm³/mol. The van der Waals surface area contributed by atoms with Gasteiger partial charge in [0.25, 0.3) is 0 Å². The lowest BCUT2D eigenvalue weighted by molar-refractivity contribution is 0.106. The molecule has 4 aliphatic rings. The number of ether oxygens (including phenoxy) is 1. The van der Waals surface area contributed by atoms with E-state index in [2.05, 4.69) is 29.9 Å². The van der Waals surface area contributed by atoms with Gasteiger partial charge in [-0.2, -0.15) is 19.7 Å². The van der Waals surface area contributed by atoms with Gasteiger partial charge in [-0.1, -0.05) is 22.9 Å². The minimum atomic E-state index is -0.947. The fraction of sp³-hybridized carbons (Fsp3) is 0.455. The monoisotopic (exact) mass is 724 g/mol. The predicted octanol–water partition coefficient (Wildman–Crippen LogP) is 5.68. The lowest BCUT2D eigenvalue weighted by Crippen LogP contribution is -2.68. The van der Waals surface area contributed by atoms with Crippen molar-refractivity contribution in [1.29, 1.82) is 0 Å². The Labute approximate surface area is 293 Å². The van der Waals surface area contributed by atoms with Crippen LogP contribution in [0.1, 0.15) is 38.5 Å². The molecule has 2 N–H and O–H groups in total. The molecule has 0 radical (unpaired) electrons. The zero-order valence-electron chi connectivity index (χ0n) is 26.8. The zero-order chi connectivity index (χ0) is 34.4. The summed E-state index contributed by atoms with van der Waals surface area (Å²) in [6.07, 6.45) is 6.11. The third-order valence-corrected chi connectivity index (χ3v) is 12.1. The molecule has 7 heterocycles. The molecule has 4 aliphatic heterocycles. The summed E-state index contributed by atoms with van der Waals surface area (Å²) in [5.74, 6) is -0.839. The number of aromatic nitrogens is 6. The first kappa shape index (κ1) is 31.7. The van der Waals surface area contributed by atoms with Gasteiger partial charge < -0.3 is 20.3 Å². The molecular formula is C33H32ClF3N10O2S. The number of piperidine rings is 1. The minimum absolute atomic E-state index is 0.00212. The van der Waals surface area contributed by atoms with E-state index in [9.17, 15) is 13.6 Å². The van der Waals surface area contributed by atoms with Crippen LogP contribution in [-0.4, -0.2) is 102 Å². The average molecular weight is 725 g/mol. The molecule has 1 amide bonds. The van der Waals surface area contributed by atoms with Crippen molar-refractivity contribution in [1.82, 2.24) is 39.5 Å². The van der Waals surface area contributed by atoms with Gasteiger partial charge in [-0.25, -0.2) is 27.9 Å². The third-order valence-electron chi connectivity index (χ3n) is 10.9. The van der Waals surface area contributed by atoms with E-state index in [1.165, 1.54) is 29.5 Å². The molecule has 3 aromatic heterocycles. The van der Waals surface area contributed by atoms with Gasteiger partial charge in [0.05, 0.1) is 26.3 Å². The number of fused-ring (bicyclic) bond motifs is 3. The number of nitrogens with two attached hydrogens (primary N) is 1. The summed E-state index contributed by atoms with van der Waals surface area (Å²) in [7, 11) is 0. The molecule has 1 spiro atoms. The number of nitrogens with zero attached hydrogens (tertiary/aromatic N) is 9. The van der Waals surface area contributed by atoms with Crippen LogP contribution in [0.5, 0.6) is 6.01 Å². The van der Waals surface area contributed by atoms with Gasteiger partial charge in [0, 0.05) is 49.1 Å². The highest BCUT2D eigenvalue weighted by Gasteiger charge is 2.51. The maximum atomic E-state index is 17.0. The minimum Gasteiger partial charge on any atom is -0.461 e. The van der Waals surface area contributed by atoms with E-state index in [0.717, 1.165) is 50.0 Å². The van der Waals surface area contributed by atoms with Crippen LogP contribution in [0.3, 0.4) is 0 Å². The normalized spacial score (nSPS) is 25.2. The van der Waals surface area contributed by atoms with Gasteiger partial charge in [-0.05, 0) is 56.8 Å². The molecule has 3 unspecified atom stereocenters. The Bertz CT molecular complexity index is 2170. The second-order valence-corrected chi connectivity index (χ2v) is 15.2. The second-order valence-electron chi connectivity index (χ2n) is 13.7. The number of thiazole rings is 1. The average Bonchev–Trinajstić information content (AvgIpc) is 3.89. The molecule has 17 heteroatoms. The molecule has 2 aromatic carbocycles. The van der Waals surface area contributed by atoms with Crippen LogP contribution >= 0.6 is 22.9 Å². The van der Waals surface area contributed by atoms with Gasteiger partial charge in [-0.15, -0.1) is 0 Å². The van der Waals surface area contributed by atoms with Crippen molar-refractivity contribution in [2.75, 3.05) is 50.0 Å². The molecule has 50 heavy (non-hydrogen) atoms. The molecule has 0 saturated carbocycles. The Kier molecular flexibility index (Phi) is 7.37. The highest BCUT2D eigenvalue weighted by molar-refractivity contribution is 7.22. The van der Waals surface area contributed by atoms with Gasteiger partial charge in [-0.3, -0.25) is 4.90 Å². The summed E-state index contributed by atoms with van der Waals surface area (Å²) in [6, 6.07) is 3.97. The third kappa shape index (κ3) is 4.89. The molecular weight excluding hydrogens is 693 g/mol. The van der Waals surface area contributed by atoms with Gasteiger partial charge >= 0.3 is 12.0 Å². The molecule has 9 rings (SSSR count). The Hall–Kier alpha value is -4.28. The van der Waals surface area contributed by atoms with Crippen LogP contribution in [0.2, 0.25) is 5.02 Å². The number of amides is 1. The van der Waals surface area contributed by atoms with Crippen LogP contribution in [-0.2, 0) is 0 Å². The molecule has 260 valence electrons. The van der Waals surface area contributed by atoms with Crippen LogP contribution < -0.4 is 15.4 Å². The first-order valence-electron chi connectivity index (χ1n) is 16.6. The van der Waals surface area contributed by atoms with Crippen molar-refractivity contribution >= 4 is 61.0 Å².